The Bertz CT molecular complexity index is 477. The number of quaternary nitrogens is 2. The molecular weight excluding hydrogens is 270 g/mol. The van der Waals surface area contributed by atoms with Crippen molar-refractivity contribution in [3.8, 4) is 0 Å². The van der Waals surface area contributed by atoms with Crippen molar-refractivity contribution >= 4 is 17.6 Å². The second-order valence-electron chi connectivity index (χ2n) is 5.00. The first-order chi connectivity index (χ1) is 10.0. The summed E-state index contributed by atoms with van der Waals surface area (Å²) in [4.78, 5) is 23.0. The van der Waals surface area contributed by atoms with E-state index in [9.17, 15) is 14.7 Å². The number of nitrogens with one attached hydrogen (secondary N) is 1. The lowest BCUT2D eigenvalue weighted by Crippen LogP contribution is -2.99. The molecule has 0 spiro atoms. The van der Waals surface area contributed by atoms with Crippen molar-refractivity contribution in [3.63, 3.8) is 0 Å². The standard InChI is InChI=1S/C15H23N3O3/c1-3-16-8-9-17-13(10-14(19)20)15(21)18-12-7-5-4-6-11(12)2/h4-7,13,16-17H,3,8-10H2,1-2H3,(H,18,21)(H,19,20)/p+1/t13-/m0/s1. The summed E-state index contributed by atoms with van der Waals surface area (Å²) in [7, 11) is 0. The Kier molecular flexibility index (Phi) is 7.42. The third kappa shape index (κ3) is 6.37. The first kappa shape index (κ1) is 17.1. The Morgan fingerprint density at radius 3 is 2.62 bits per heavy atom. The van der Waals surface area contributed by atoms with Crippen LogP contribution in [0, 0.1) is 6.92 Å². The van der Waals surface area contributed by atoms with Crippen molar-refractivity contribution < 1.29 is 25.3 Å². The van der Waals surface area contributed by atoms with Gasteiger partial charge in [-0.3, -0.25) is 4.79 Å². The minimum absolute atomic E-state index is 0.288. The summed E-state index contributed by atoms with van der Waals surface area (Å²) in [5.41, 5.74) is 1.65. The van der Waals surface area contributed by atoms with Gasteiger partial charge in [0.15, 0.2) is 6.04 Å². The summed E-state index contributed by atoms with van der Waals surface area (Å²) in [6.45, 7) is 6.44. The summed E-state index contributed by atoms with van der Waals surface area (Å²) >= 11 is 0. The zero-order chi connectivity index (χ0) is 15.7. The van der Waals surface area contributed by atoms with Crippen LogP contribution in [-0.2, 0) is 9.59 Å². The lowest BCUT2D eigenvalue weighted by Gasteiger charge is -2.16. The SMILES string of the molecule is CC[NH2+]CC[NH2+][C@@H](CC(=O)[O-])C(=O)Nc1ccccc1C. The number of likely N-dealkylation sites (N-methyl/N-ethyl adjacent to an activating group) is 1. The number of nitrogens with two attached hydrogens (primary N) is 2. The van der Waals surface area contributed by atoms with Gasteiger partial charge >= 0.3 is 0 Å². The van der Waals surface area contributed by atoms with Crippen molar-refractivity contribution in [2.75, 3.05) is 25.0 Å². The van der Waals surface area contributed by atoms with Crippen LogP contribution >= 0.6 is 0 Å². The van der Waals surface area contributed by atoms with Gasteiger partial charge in [-0.15, -0.1) is 0 Å². The van der Waals surface area contributed by atoms with Crippen LogP contribution in [0.25, 0.3) is 0 Å². The van der Waals surface area contributed by atoms with E-state index in [4.69, 9.17) is 0 Å². The van der Waals surface area contributed by atoms with Crippen molar-refractivity contribution in [1.82, 2.24) is 0 Å². The molecule has 21 heavy (non-hydrogen) atoms. The quantitative estimate of drug-likeness (QED) is 0.442. The number of carbonyl (C=O) groups excluding carboxylic acids is 2. The van der Waals surface area contributed by atoms with E-state index in [1.165, 1.54) is 0 Å². The molecule has 0 heterocycles. The molecular formula is C15H24N3O3+. The molecule has 0 fully saturated rings. The minimum Gasteiger partial charge on any atom is -0.550 e. The topological polar surface area (TPSA) is 102 Å². The summed E-state index contributed by atoms with van der Waals surface area (Å²) < 4.78 is 0. The molecule has 0 saturated heterocycles. The largest absolute Gasteiger partial charge is 0.550 e. The van der Waals surface area contributed by atoms with Crippen LogP contribution in [0.15, 0.2) is 24.3 Å². The Morgan fingerprint density at radius 1 is 1.29 bits per heavy atom. The van der Waals surface area contributed by atoms with Gasteiger partial charge in [0.25, 0.3) is 5.91 Å². The average Bonchev–Trinajstić information content (AvgIpc) is 2.44. The van der Waals surface area contributed by atoms with Crippen molar-refractivity contribution in [3.05, 3.63) is 29.8 Å². The highest BCUT2D eigenvalue weighted by atomic mass is 16.4. The molecule has 0 bridgehead atoms. The van der Waals surface area contributed by atoms with Crippen molar-refractivity contribution in [2.24, 2.45) is 0 Å². The summed E-state index contributed by atoms with van der Waals surface area (Å²) in [6, 6.07) is 6.74. The predicted molar refractivity (Wildman–Crippen MR) is 77.3 cm³/mol. The van der Waals surface area contributed by atoms with E-state index >= 15 is 0 Å². The summed E-state index contributed by atoms with van der Waals surface area (Å²) in [5, 5.41) is 17.5. The van der Waals surface area contributed by atoms with E-state index in [1.807, 2.05) is 32.0 Å². The average molecular weight is 294 g/mol. The predicted octanol–water partition coefficient (Wildman–Crippen LogP) is -2.41. The van der Waals surface area contributed by atoms with E-state index in [0.717, 1.165) is 18.7 Å². The Hall–Kier alpha value is -1.92. The molecule has 1 rings (SSSR count). The molecule has 6 heteroatoms. The fraction of sp³-hybridized carbons (Fsp3) is 0.467. The van der Waals surface area contributed by atoms with Gasteiger partial charge in [-0.25, -0.2) is 0 Å². The van der Waals surface area contributed by atoms with Crippen LogP contribution in [0.1, 0.15) is 18.9 Å². The molecule has 1 aromatic rings. The van der Waals surface area contributed by atoms with Gasteiger partial charge in [0.05, 0.1) is 6.54 Å². The number of carbonyl (C=O) groups is 2. The maximum atomic E-state index is 12.2. The van der Waals surface area contributed by atoms with Crippen molar-refractivity contribution in [2.45, 2.75) is 26.3 Å². The van der Waals surface area contributed by atoms with Gasteiger partial charge in [0.2, 0.25) is 0 Å². The van der Waals surface area contributed by atoms with Gasteiger partial charge in [0, 0.05) is 18.1 Å². The molecule has 0 aromatic heterocycles. The first-order valence-electron chi connectivity index (χ1n) is 7.26. The highest BCUT2D eigenvalue weighted by molar-refractivity contribution is 5.96. The van der Waals surface area contributed by atoms with Gasteiger partial charge in [-0.2, -0.15) is 0 Å². The number of amides is 1. The molecule has 116 valence electrons. The number of carboxylic acids is 1. The molecule has 5 N–H and O–H groups in total. The number of benzene rings is 1. The van der Waals surface area contributed by atoms with E-state index < -0.39 is 12.0 Å². The maximum Gasteiger partial charge on any atom is 0.283 e. The smallest absolute Gasteiger partial charge is 0.283 e. The molecule has 0 unspecified atom stereocenters. The Labute approximate surface area is 124 Å². The number of carboxylic acid groups (broad SMARTS) is 1. The molecule has 0 aliphatic rings. The van der Waals surface area contributed by atoms with Crippen LogP contribution in [0.4, 0.5) is 5.69 Å². The van der Waals surface area contributed by atoms with Gasteiger partial charge < -0.3 is 25.9 Å². The zero-order valence-corrected chi connectivity index (χ0v) is 12.6. The van der Waals surface area contributed by atoms with Gasteiger partial charge in [-0.1, -0.05) is 18.2 Å². The number of aryl methyl sites for hydroxylation is 1. The monoisotopic (exact) mass is 294 g/mol. The first-order valence-corrected chi connectivity index (χ1v) is 7.26. The number of anilines is 1. The molecule has 1 amide bonds. The minimum atomic E-state index is -1.21. The Morgan fingerprint density at radius 2 is 2.00 bits per heavy atom. The lowest BCUT2D eigenvalue weighted by molar-refractivity contribution is -0.732. The third-order valence-corrected chi connectivity index (χ3v) is 3.24. The van der Waals surface area contributed by atoms with Crippen LogP contribution in [0.5, 0.6) is 0 Å². The molecule has 1 atom stereocenters. The lowest BCUT2D eigenvalue weighted by atomic mass is 10.1. The van der Waals surface area contributed by atoms with Crippen LogP contribution in [0.3, 0.4) is 0 Å². The van der Waals surface area contributed by atoms with E-state index in [-0.39, 0.29) is 12.3 Å². The second kappa shape index (κ2) is 9.10. The van der Waals surface area contributed by atoms with Crippen molar-refractivity contribution in [1.29, 1.82) is 0 Å². The van der Waals surface area contributed by atoms with Crippen LogP contribution in [0.2, 0.25) is 0 Å². The van der Waals surface area contributed by atoms with E-state index in [1.54, 1.807) is 11.4 Å². The van der Waals surface area contributed by atoms with Gasteiger partial charge in [0.1, 0.15) is 13.1 Å². The fourth-order valence-electron chi connectivity index (χ4n) is 2.02. The van der Waals surface area contributed by atoms with Gasteiger partial charge in [-0.05, 0) is 25.5 Å². The molecule has 0 aliphatic carbocycles. The number of para-hydroxylation sites is 1. The Balaban J connectivity index is 2.62. The molecule has 0 radical (unpaired) electrons. The molecule has 0 saturated carbocycles. The third-order valence-electron chi connectivity index (χ3n) is 3.24. The molecule has 0 aliphatic heterocycles. The molecule has 6 nitrogen and oxygen atoms in total. The highest BCUT2D eigenvalue weighted by Gasteiger charge is 2.22. The summed E-state index contributed by atoms with van der Waals surface area (Å²) in [6.07, 6.45) is -0.288. The molecule has 1 aromatic carbocycles. The van der Waals surface area contributed by atoms with Crippen LogP contribution < -0.4 is 21.1 Å². The zero-order valence-electron chi connectivity index (χ0n) is 12.6. The summed E-state index contributed by atoms with van der Waals surface area (Å²) in [5.74, 6) is -1.51. The number of hydrogen-bond donors (Lipinski definition) is 3. The number of aliphatic carboxylic acids is 1. The number of rotatable bonds is 9. The van der Waals surface area contributed by atoms with E-state index in [0.29, 0.717) is 12.2 Å². The normalized spacial score (nSPS) is 11.9. The van der Waals surface area contributed by atoms with Crippen LogP contribution in [-0.4, -0.2) is 37.6 Å². The maximum absolute atomic E-state index is 12.2. The number of hydrogen-bond acceptors (Lipinski definition) is 3. The fourth-order valence-corrected chi connectivity index (χ4v) is 2.02. The highest BCUT2D eigenvalue weighted by Crippen LogP contribution is 2.13. The second-order valence-corrected chi connectivity index (χ2v) is 5.00. The van der Waals surface area contributed by atoms with E-state index in [2.05, 4.69) is 10.6 Å².